The number of aryl methyl sites for hydroxylation is 2. The standard InChI is InChI=1S/C19H21N3O2S/c1-14-8-9-17(15(2)12-14)20-13-19(24)22-21-18(23)10-11-25-16-6-4-3-5-7-16/h3-12,20H,13H2,1-2H3,(H,21,23)(H,22,24)/b11-10+. The molecule has 0 aliphatic rings. The van der Waals surface area contributed by atoms with Gasteiger partial charge in [-0.2, -0.15) is 0 Å². The van der Waals surface area contributed by atoms with Crippen LogP contribution in [0.5, 0.6) is 0 Å². The minimum atomic E-state index is -0.386. The molecular formula is C19H21N3O2S. The summed E-state index contributed by atoms with van der Waals surface area (Å²) in [6.07, 6.45) is 1.37. The second-order valence-corrected chi connectivity index (χ2v) is 6.42. The van der Waals surface area contributed by atoms with E-state index < -0.39 is 0 Å². The minimum absolute atomic E-state index is 0.0761. The number of rotatable bonds is 6. The summed E-state index contributed by atoms with van der Waals surface area (Å²) in [6.45, 7) is 4.07. The van der Waals surface area contributed by atoms with E-state index in [4.69, 9.17) is 0 Å². The number of carbonyl (C=O) groups is 2. The molecule has 2 aromatic rings. The minimum Gasteiger partial charge on any atom is -0.376 e. The van der Waals surface area contributed by atoms with Crippen molar-refractivity contribution in [3.8, 4) is 0 Å². The van der Waals surface area contributed by atoms with Gasteiger partial charge in [0.1, 0.15) is 0 Å². The highest BCUT2D eigenvalue weighted by Gasteiger charge is 2.04. The van der Waals surface area contributed by atoms with Gasteiger partial charge in [-0.05, 0) is 43.0 Å². The highest BCUT2D eigenvalue weighted by atomic mass is 32.2. The van der Waals surface area contributed by atoms with Crippen molar-refractivity contribution in [1.29, 1.82) is 0 Å². The van der Waals surface area contributed by atoms with Gasteiger partial charge in [-0.15, -0.1) is 0 Å². The first kappa shape index (κ1) is 18.6. The molecule has 0 bridgehead atoms. The normalized spacial score (nSPS) is 10.5. The zero-order valence-corrected chi connectivity index (χ0v) is 15.0. The van der Waals surface area contributed by atoms with Crippen LogP contribution in [0.1, 0.15) is 11.1 Å². The van der Waals surface area contributed by atoms with Crippen LogP contribution in [0.3, 0.4) is 0 Å². The Bertz CT molecular complexity index is 761. The molecule has 2 aromatic carbocycles. The van der Waals surface area contributed by atoms with Gasteiger partial charge in [0.15, 0.2) is 0 Å². The maximum absolute atomic E-state index is 11.8. The van der Waals surface area contributed by atoms with E-state index in [1.807, 2.05) is 62.4 Å². The molecule has 25 heavy (non-hydrogen) atoms. The van der Waals surface area contributed by atoms with Crippen molar-refractivity contribution >= 4 is 29.3 Å². The van der Waals surface area contributed by atoms with E-state index >= 15 is 0 Å². The monoisotopic (exact) mass is 355 g/mol. The molecule has 0 atom stereocenters. The highest BCUT2D eigenvalue weighted by Crippen LogP contribution is 2.17. The molecule has 3 N–H and O–H groups in total. The SMILES string of the molecule is Cc1ccc(NCC(=O)NNC(=O)/C=C/Sc2ccccc2)c(C)c1. The summed E-state index contributed by atoms with van der Waals surface area (Å²) in [7, 11) is 0. The molecular weight excluding hydrogens is 334 g/mol. The molecule has 0 radical (unpaired) electrons. The van der Waals surface area contributed by atoms with Gasteiger partial charge in [0, 0.05) is 16.7 Å². The van der Waals surface area contributed by atoms with Crippen LogP contribution >= 0.6 is 11.8 Å². The average Bonchev–Trinajstić information content (AvgIpc) is 2.60. The zero-order chi connectivity index (χ0) is 18.1. The van der Waals surface area contributed by atoms with E-state index in [1.165, 1.54) is 23.4 Å². The first-order valence-corrected chi connectivity index (χ1v) is 8.71. The third-order valence-electron chi connectivity index (χ3n) is 3.31. The van der Waals surface area contributed by atoms with Crippen LogP contribution in [0.15, 0.2) is 64.9 Å². The molecule has 0 saturated heterocycles. The molecule has 0 spiro atoms. The predicted molar refractivity (Wildman–Crippen MR) is 102 cm³/mol. The fourth-order valence-corrected chi connectivity index (χ4v) is 2.74. The molecule has 130 valence electrons. The van der Waals surface area contributed by atoms with Crippen LogP contribution in [-0.2, 0) is 9.59 Å². The second kappa shape index (κ2) is 9.54. The van der Waals surface area contributed by atoms with Crippen molar-refractivity contribution in [2.24, 2.45) is 0 Å². The van der Waals surface area contributed by atoms with E-state index in [1.54, 1.807) is 5.41 Å². The number of amides is 2. The van der Waals surface area contributed by atoms with Crippen molar-refractivity contribution < 1.29 is 9.59 Å². The molecule has 0 unspecified atom stereocenters. The molecule has 0 aliphatic heterocycles. The van der Waals surface area contributed by atoms with Crippen LogP contribution in [0.2, 0.25) is 0 Å². The fourth-order valence-electron chi connectivity index (χ4n) is 2.08. The number of thioether (sulfide) groups is 1. The summed E-state index contributed by atoms with van der Waals surface area (Å²) >= 11 is 1.43. The summed E-state index contributed by atoms with van der Waals surface area (Å²) in [4.78, 5) is 24.5. The summed E-state index contributed by atoms with van der Waals surface area (Å²) in [5, 5.41) is 4.71. The summed E-state index contributed by atoms with van der Waals surface area (Å²) in [6, 6.07) is 15.6. The lowest BCUT2D eigenvalue weighted by molar-refractivity contribution is -0.125. The fraction of sp³-hybridized carbons (Fsp3) is 0.158. The number of hydrazine groups is 1. The Morgan fingerprint density at radius 2 is 1.80 bits per heavy atom. The lowest BCUT2D eigenvalue weighted by atomic mass is 10.1. The molecule has 5 nitrogen and oxygen atoms in total. The third-order valence-corrected chi connectivity index (χ3v) is 4.13. The molecule has 2 rings (SSSR count). The van der Waals surface area contributed by atoms with Crippen LogP contribution in [0, 0.1) is 13.8 Å². The Morgan fingerprint density at radius 3 is 2.52 bits per heavy atom. The van der Waals surface area contributed by atoms with Crippen LogP contribution in [0.4, 0.5) is 5.69 Å². The van der Waals surface area contributed by atoms with E-state index in [9.17, 15) is 9.59 Å². The number of nitrogens with one attached hydrogen (secondary N) is 3. The topological polar surface area (TPSA) is 70.2 Å². The van der Waals surface area contributed by atoms with Gasteiger partial charge < -0.3 is 5.32 Å². The number of hydrogen-bond acceptors (Lipinski definition) is 4. The molecule has 0 aromatic heterocycles. The summed E-state index contributed by atoms with van der Waals surface area (Å²) in [5.74, 6) is -0.708. The highest BCUT2D eigenvalue weighted by molar-refractivity contribution is 8.02. The van der Waals surface area contributed by atoms with Gasteiger partial charge in [0.05, 0.1) is 6.54 Å². The zero-order valence-electron chi connectivity index (χ0n) is 14.2. The molecule has 0 fully saturated rings. The Balaban J connectivity index is 1.69. The van der Waals surface area contributed by atoms with Crippen LogP contribution in [-0.4, -0.2) is 18.4 Å². The second-order valence-electron chi connectivity index (χ2n) is 5.44. The quantitative estimate of drug-likeness (QED) is 0.423. The molecule has 6 heteroatoms. The lowest BCUT2D eigenvalue weighted by Crippen LogP contribution is -2.43. The van der Waals surface area contributed by atoms with Crippen molar-refractivity contribution in [2.75, 3.05) is 11.9 Å². The Labute approximate surface area is 151 Å². The van der Waals surface area contributed by atoms with Gasteiger partial charge in [-0.1, -0.05) is 47.7 Å². The molecule has 0 saturated carbocycles. The Hall–Kier alpha value is -2.73. The number of benzene rings is 2. The van der Waals surface area contributed by atoms with Gasteiger partial charge in [-0.25, -0.2) is 0 Å². The van der Waals surface area contributed by atoms with E-state index in [2.05, 4.69) is 16.2 Å². The lowest BCUT2D eigenvalue weighted by Gasteiger charge is -2.10. The largest absolute Gasteiger partial charge is 0.376 e. The van der Waals surface area contributed by atoms with Gasteiger partial charge in [0.25, 0.3) is 11.8 Å². The summed E-state index contributed by atoms with van der Waals surface area (Å²) < 4.78 is 0. The smallest absolute Gasteiger partial charge is 0.262 e. The van der Waals surface area contributed by atoms with Crippen LogP contribution in [0.25, 0.3) is 0 Å². The van der Waals surface area contributed by atoms with E-state index in [0.29, 0.717) is 0 Å². The van der Waals surface area contributed by atoms with E-state index in [-0.39, 0.29) is 18.4 Å². The van der Waals surface area contributed by atoms with Gasteiger partial charge in [-0.3, -0.25) is 20.4 Å². The van der Waals surface area contributed by atoms with Crippen molar-refractivity contribution in [1.82, 2.24) is 10.9 Å². The predicted octanol–water partition coefficient (Wildman–Crippen LogP) is 3.17. The molecule has 0 heterocycles. The number of hydrogen-bond donors (Lipinski definition) is 3. The molecule has 2 amide bonds. The number of anilines is 1. The Morgan fingerprint density at radius 1 is 1.04 bits per heavy atom. The number of carbonyl (C=O) groups excluding carboxylic acids is 2. The first-order valence-electron chi connectivity index (χ1n) is 7.83. The Kier molecular flexibility index (Phi) is 7.10. The van der Waals surface area contributed by atoms with Crippen LogP contribution < -0.4 is 16.2 Å². The maximum Gasteiger partial charge on any atom is 0.262 e. The average molecular weight is 355 g/mol. The van der Waals surface area contributed by atoms with Crippen molar-refractivity contribution in [3.05, 3.63) is 71.1 Å². The van der Waals surface area contributed by atoms with E-state index in [0.717, 1.165) is 16.1 Å². The molecule has 0 aliphatic carbocycles. The third kappa shape index (κ3) is 6.73. The summed E-state index contributed by atoms with van der Waals surface area (Å²) in [5.41, 5.74) is 7.85. The van der Waals surface area contributed by atoms with Gasteiger partial charge >= 0.3 is 0 Å². The van der Waals surface area contributed by atoms with Crippen molar-refractivity contribution in [2.45, 2.75) is 18.7 Å². The maximum atomic E-state index is 11.8. The van der Waals surface area contributed by atoms with Crippen molar-refractivity contribution in [3.63, 3.8) is 0 Å². The first-order chi connectivity index (χ1) is 12.0. The van der Waals surface area contributed by atoms with Gasteiger partial charge in [0.2, 0.25) is 0 Å².